The number of hydrogen-bond donors (Lipinski definition) is 1. The summed E-state index contributed by atoms with van der Waals surface area (Å²) in [6, 6.07) is 2.67. The maximum absolute atomic E-state index is 13.4. The molecule has 140 valence electrons. The molecular weight excluding hydrogens is 364 g/mol. The average molecular weight is 383 g/mol. The van der Waals surface area contributed by atoms with Crippen molar-refractivity contribution in [3.63, 3.8) is 0 Å². The number of aromatic nitrogens is 3. The van der Waals surface area contributed by atoms with Crippen LogP contribution in [0.5, 0.6) is 0 Å². The number of halogens is 2. The standard InChI is InChI=1S/C16H19F2N5O2S/c17-13-2-1-12(9-14(13)18)26(24,25)22-6-3-11(4-7-22)16-21-20-15-10-19-5-8-23(15)16/h1-2,9,11,19H,3-8,10H2. The van der Waals surface area contributed by atoms with Gasteiger partial charge in [-0.25, -0.2) is 17.2 Å². The molecule has 3 heterocycles. The summed E-state index contributed by atoms with van der Waals surface area (Å²) in [5, 5.41) is 11.8. The molecule has 4 rings (SSSR count). The Morgan fingerprint density at radius 3 is 2.58 bits per heavy atom. The average Bonchev–Trinajstić information content (AvgIpc) is 3.08. The number of nitrogens with one attached hydrogen (secondary N) is 1. The lowest BCUT2D eigenvalue weighted by atomic mass is 9.97. The lowest BCUT2D eigenvalue weighted by Crippen LogP contribution is -2.39. The second-order valence-electron chi connectivity index (χ2n) is 6.56. The molecule has 26 heavy (non-hydrogen) atoms. The third-order valence-electron chi connectivity index (χ3n) is 5.00. The van der Waals surface area contributed by atoms with Crippen LogP contribution in [-0.4, -0.2) is 47.1 Å². The highest BCUT2D eigenvalue weighted by atomic mass is 32.2. The van der Waals surface area contributed by atoms with Gasteiger partial charge in [-0.15, -0.1) is 10.2 Å². The van der Waals surface area contributed by atoms with Crippen molar-refractivity contribution in [2.45, 2.75) is 36.7 Å². The van der Waals surface area contributed by atoms with Gasteiger partial charge in [0.15, 0.2) is 11.6 Å². The Kier molecular flexibility index (Phi) is 4.49. The first-order chi connectivity index (χ1) is 12.5. The number of hydrogen-bond acceptors (Lipinski definition) is 5. The van der Waals surface area contributed by atoms with Crippen molar-refractivity contribution in [3.05, 3.63) is 41.5 Å². The highest BCUT2D eigenvalue weighted by Gasteiger charge is 2.33. The second kappa shape index (κ2) is 6.67. The Hall–Kier alpha value is -1.91. The van der Waals surface area contributed by atoms with E-state index in [-0.39, 0.29) is 10.8 Å². The summed E-state index contributed by atoms with van der Waals surface area (Å²) < 4.78 is 55.3. The quantitative estimate of drug-likeness (QED) is 0.862. The first-order valence-corrected chi connectivity index (χ1v) is 9.99. The molecule has 0 bridgehead atoms. The molecule has 2 aliphatic rings. The molecule has 1 aromatic heterocycles. The molecule has 2 aromatic rings. The topological polar surface area (TPSA) is 80.1 Å². The summed E-state index contributed by atoms with van der Waals surface area (Å²) in [5.74, 6) is -0.265. The first-order valence-electron chi connectivity index (χ1n) is 8.54. The van der Waals surface area contributed by atoms with Crippen molar-refractivity contribution in [3.8, 4) is 0 Å². The van der Waals surface area contributed by atoms with Crippen LogP contribution in [0.4, 0.5) is 8.78 Å². The number of rotatable bonds is 3. The molecule has 1 N–H and O–H groups in total. The third kappa shape index (κ3) is 3.01. The molecule has 0 saturated carbocycles. The zero-order chi connectivity index (χ0) is 18.3. The molecule has 1 fully saturated rings. The van der Waals surface area contributed by atoms with Gasteiger partial charge in [0.05, 0.1) is 11.4 Å². The summed E-state index contributed by atoms with van der Waals surface area (Å²) in [6.45, 7) is 2.99. The van der Waals surface area contributed by atoms with Crippen molar-refractivity contribution in [1.29, 1.82) is 0 Å². The summed E-state index contributed by atoms with van der Waals surface area (Å²) >= 11 is 0. The van der Waals surface area contributed by atoms with Crippen molar-refractivity contribution in [2.75, 3.05) is 19.6 Å². The number of fused-ring (bicyclic) bond motifs is 1. The molecule has 1 aromatic carbocycles. The van der Waals surface area contributed by atoms with Gasteiger partial charge in [0, 0.05) is 32.1 Å². The zero-order valence-corrected chi connectivity index (χ0v) is 14.8. The van der Waals surface area contributed by atoms with Gasteiger partial charge in [0.1, 0.15) is 11.6 Å². The van der Waals surface area contributed by atoms with Gasteiger partial charge in [0.2, 0.25) is 10.0 Å². The molecule has 0 atom stereocenters. The van der Waals surface area contributed by atoms with E-state index >= 15 is 0 Å². The predicted molar refractivity (Wildman–Crippen MR) is 88.8 cm³/mol. The van der Waals surface area contributed by atoms with Gasteiger partial charge in [-0.2, -0.15) is 4.31 Å². The van der Waals surface area contributed by atoms with E-state index in [0.29, 0.717) is 32.5 Å². The van der Waals surface area contributed by atoms with Gasteiger partial charge >= 0.3 is 0 Å². The minimum absolute atomic E-state index is 0.144. The predicted octanol–water partition coefficient (Wildman–Crippen LogP) is 1.23. The Morgan fingerprint density at radius 2 is 1.85 bits per heavy atom. The second-order valence-corrected chi connectivity index (χ2v) is 8.50. The fourth-order valence-electron chi connectivity index (χ4n) is 3.56. The van der Waals surface area contributed by atoms with Crippen LogP contribution in [0, 0.1) is 11.6 Å². The highest BCUT2D eigenvalue weighted by Crippen LogP contribution is 2.30. The molecule has 1 saturated heterocycles. The minimum Gasteiger partial charge on any atom is -0.312 e. The molecule has 0 amide bonds. The Balaban J connectivity index is 1.49. The zero-order valence-electron chi connectivity index (χ0n) is 14.0. The molecule has 7 nitrogen and oxygen atoms in total. The van der Waals surface area contributed by atoms with Crippen LogP contribution in [0.25, 0.3) is 0 Å². The molecule has 10 heteroatoms. The van der Waals surface area contributed by atoms with Crippen molar-refractivity contribution >= 4 is 10.0 Å². The maximum Gasteiger partial charge on any atom is 0.243 e. The van der Waals surface area contributed by atoms with Gasteiger partial charge in [-0.1, -0.05) is 0 Å². The van der Waals surface area contributed by atoms with Crippen LogP contribution in [-0.2, 0) is 23.1 Å². The summed E-state index contributed by atoms with van der Waals surface area (Å²) in [4.78, 5) is -0.221. The summed E-state index contributed by atoms with van der Waals surface area (Å²) in [5.41, 5.74) is 0. The van der Waals surface area contributed by atoms with Crippen molar-refractivity contribution < 1.29 is 17.2 Å². The smallest absolute Gasteiger partial charge is 0.243 e. The van der Waals surface area contributed by atoms with Gasteiger partial charge in [0.25, 0.3) is 0 Å². The number of benzene rings is 1. The van der Waals surface area contributed by atoms with Crippen molar-refractivity contribution in [1.82, 2.24) is 24.4 Å². The van der Waals surface area contributed by atoms with Crippen LogP contribution in [0.2, 0.25) is 0 Å². The largest absolute Gasteiger partial charge is 0.312 e. The van der Waals surface area contributed by atoms with Crippen LogP contribution in [0.15, 0.2) is 23.1 Å². The van der Waals surface area contributed by atoms with Gasteiger partial charge < -0.3 is 9.88 Å². The van der Waals surface area contributed by atoms with E-state index in [9.17, 15) is 17.2 Å². The molecule has 0 aliphatic carbocycles. The summed E-state index contributed by atoms with van der Waals surface area (Å²) in [6.07, 6.45) is 1.24. The first kappa shape index (κ1) is 17.5. The Bertz CT molecular complexity index is 923. The SMILES string of the molecule is O=S(=O)(c1ccc(F)c(F)c1)N1CCC(c2nnc3n2CCNC3)CC1. The third-order valence-corrected chi connectivity index (χ3v) is 6.89. The van der Waals surface area contributed by atoms with Gasteiger partial charge in [-0.05, 0) is 31.0 Å². The van der Waals surface area contributed by atoms with E-state index < -0.39 is 21.7 Å². The summed E-state index contributed by atoms with van der Waals surface area (Å²) in [7, 11) is -3.84. The normalized spacial score (nSPS) is 19.5. The molecule has 0 radical (unpaired) electrons. The maximum atomic E-state index is 13.4. The van der Waals surface area contributed by atoms with Crippen LogP contribution in [0.1, 0.15) is 30.4 Å². The number of sulfonamides is 1. The fraction of sp³-hybridized carbons (Fsp3) is 0.500. The lowest BCUT2D eigenvalue weighted by molar-refractivity contribution is 0.307. The van der Waals surface area contributed by atoms with E-state index in [2.05, 4.69) is 20.1 Å². The molecule has 0 unspecified atom stereocenters. The van der Waals surface area contributed by atoms with E-state index in [1.165, 1.54) is 4.31 Å². The Morgan fingerprint density at radius 1 is 1.08 bits per heavy atom. The molecular formula is C16H19F2N5O2S. The fourth-order valence-corrected chi connectivity index (χ4v) is 5.04. The van der Waals surface area contributed by atoms with E-state index in [1.54, 1.807) is 0 Å². The van der Waals surface area contributed by atoms with Crippen LogP contribution in [0.3, 0.4) is 0 Å². The lowest BCUT2D eigenvalue weighted by Gasteiger charge is -2.31. The van der Waals surface area contributed by atoms with Gasteiger partial charge in [-0.3, -0.25) is 0 Å². The Labute approximate surface area is 150 Å². The number of piperidine rings is 1. The van der Waals surface area contributed by atoms with Crippen molar-refractivity contribution in [2.24, 2.45) is 0 Å². The highest BCUT2D eigenvalue weighted by molar-refractivity contribution is 7.89. The van der Waals surface area contributed by atoms with Crippen LogP contribution >= 0.6 is 0 Å². The molecule has 0 spiro atoms. The van der Waals surface area contributed by atoms with E-state index in [1.807, 2.05) is 0 Å². The molecule has 2 aliphatic heterocycles. The van der Waals surface area contributed by atoms with Crippen LogP contribution < -0.4 is 5.32 Å². The number of nitrogens with zero attached hydrogens (tertiary/aromatic N) is 4. The van der Waals surface area contributed by atoms with E-state index in [0.717, 1.165) is 42.9 Å². The van der Waals surface area contributed by atoms with E-state index in [4.69, 9.17) is 0 Å². The minimum atomic E-state index is -3.84. The monoisotopic (exact) mass is 383 g/mol.